The van der Waals surface area contributed by atoms with Gasteiger partial charge in [-0.1, -0.05) is 13.0 Å². The number of benzene rings is 1. The number of nitriles is 1. The maximum Gasteiger partial charge on any atom is 0.192 e. The van der Waals surface area contributed by atoms with Gasteiger partial charge in [-0.25, -0.2) is 9.97 Å². The van der Waals surface area contributed by atoms with E-state index in [1.807, 2.05) is 25.1 Å². The number of aryl methyl sites for hydroxylation is 1. The van der Waals surface area contributed by atoms with Crippen molar-refractivity contribution in [1.82, 2.24) is 9.97 Å². The zero-order valence-electron chi connectivity index (χ0n) is 10.8. The van der Waals surface area contributed by atoms with E-state index >= 15 is 0 Å². The van der Waals surface area contributed by atoms with Crippen molar-refractivity contribution in [2.24, 2.45) is 0 Å². The standard InChI is InChI=1S/C14H13N3S2/c1-3-18-12-5-4-6-13(11(12)7-15)19-14-16-8-10(2)9-17-14/h4-6,8-9H,3H2,1-2H3. The van der Waals surface area contributed by atoms with Gasteiger partial charge in [0.05, 0.1) is 5.56 Å². The van der Waals surface area contributed by atoms with Crippen LogP contribution in [0.5, 0.6) is 0 Å². The molecule has 0 saturated carbocycles. The fourth-order valence-corrected chi connectivity index (χ4v) is 3.18. The highest BCUT2D eigenvalue weighted by molar-refractivity contribution is 8.00. The molecule has 1 aromatic heterocycles. The van der Waals surface area contributed by atoms with Crippen LogP contribution in [0, 0.1) is 18.3 Å². The number of aromatic nitrogens is 2. The Bertz CT molecular complexity index is 603. The van der Waals surface area contributed by atoms with Crippen molar-refractivity contribution in [3.05, 3.63) is 41.7 Å². The minimum Gasteiger partial charge on any atom is -0.231 e. The summed E-state index contributed by atoms with van der Waals surface area (Å²) in [6.45, 7) is 4.03. The van der Waals surface area contributed by atoms with Gasteiger partial charge in [-0.15, -0.1) is 11.8 Å². The Labute approximate surface area is 121 Å². The second kappa shape index (κ2) is 6.60. The number of nitrogens with zero attached hydrogens (tertiary/aromatic N) is 3. The fourth-order valence-electron chi connectivity index (χ4n) is 1.51. The van der Waals surface area contributed by atoms with Crippen molar-refractivity contribution >= 4 is 23.5 Å². The maximum absolute atomic E-state index is 9.33. The third-order valence-electron chi connectivity index (χ3n) is 2.36. The molecule has 0 fully saturated rings. The average Bonchev–Trinajstić information content (AvgIpc) is 2.42. The second-order valence-corrected chi connectivity index (χ2v) is 6.13. The summed E-state index contributed by atoms with van der Waals surface area (Å²) in [6, 6.07) is 8.17. The van der Waals surface area contributed by atoms with E-state index in [0.29, 0.717) is 10.7 Å². The van der Waals surface area contributed by atoms with Crippen LogP contribution in [0.4, 0.5) is 0 Å². The van der Waals surface area contributed by atoms with Crippen LogP contribution in [0.25, 0.3) is 0 Å². The van der Waals surface area contributed by atoms with Crippen molar-refractivity contribution < 1.29 is 0 Å². The summed E-state index contributed by atoms with van der Waals surface area (Å²) in [5.41, 5.74) is 1.74. The van der Waals surface area contributed by atoms with E-state index in [1.54, 1.807) is 24.2 Å². The zero-order valence-corrected chi connectivity index (χ0v) is 12.4. The molecule has 2 aromatic rings. The van der Waals surface area contributed by atoms with Crippen LogP contribution < -0.4 is 0 Å². The highest BCUT2D eigenvalue weighted by Gasteiger charge is 2.10. The molecule has 0 atom stereocenters. The van der Waals surface area contributed by atoms with Crippen LogP contribution in [-0.4, -0.2) is 15.7 Å². The molecule has 2 rings (SSSR count). The molecule has 0 amide bonds. The van der Waals surface area contributed by atoms with Crippen molar-refractivity contribution in [2.75, 3.05) is 5.75 Å². The molecule has 96 valence electrons. The molecule has 3 nitrogen and oxygen atoms in total. The molecular formula is C14H13N3S2. The third kappa shape index (κ3) is 3.49. The van der Waals surface area contributed by atoms with Gasteiger partial charge in [0.25, 0.3) is 0 Å². The van der Waals surface area contributed by atoms with Gasteiger partial charge in [0.2, 0.25) is 0 Å². The first kappa shape index (κ1) is 13.9. The molecular weight excluding hydrogens is 274 g/mol. The lowest BCUT2D eigenvalue weighted by molar-refractivity contribution is 0.949. The summed E-state index contributed by atoms with van der Waals surface area (Å²) in [7, 11) is 0. The molecule has 5 heteroatoms. The Morgan fingerprint density at radius 2 is 1.89 bits per heavy atom. The molecule has 0 spiro atoms. The summed E-state index contributed by atoms with van der Waals surface area (Å²) < 4.78 is 0. The maximum atomic E-state index is 9.33. The Morgan fingerprint density at radius 1 is 1.21 bits per heavy atom. The van der Waals surface area contributed by atoms with Gasteiger partial charge in [0, 0.05) is 22.2 Å². The largest absolute Gasteiger partial charge is 0.231 e. The van der Waals surface area contributed by atoms with Crippen molar-refractivity contribution in [1.29, 1.82) is 5.26 Å². The van der Waals surface area contributed by atoms with Gasteiger partial charge in [-0.3, -0.25) is 0 Å². The summed E-state index contributed by atoms with van der Waals surface area (Å²) in [5.74, 6) is 0.948. The van der Waals surface area contributed by atoms with E-state index in [0.717, 1.165) is 21.1 Å². The van der Waals surface area contributed by atoms with E-state index in [2.05, 4.69) is 23.0 Å². The summed E-state index contributed by atoms with van der Waals surface area (Å²) >= 11 is 3.11. The van der Waals surface area contributed by atoms with Gasteiger partial charge < -0.3 is 0 Å². The molecule has 1 aromatic carbocycles. The molecule has 0 radical (unpaired) electrons. The molecule has 0 unspecified atom stereocenters. The lowest BCUT2D eigenvalue weighted by atomic mass is 10.2. The number of hydrogen-bond donors (Lipinski definition) is 0. The Kier molecular flexibility index (Phi) is 4.83. The van der Waals surface area contributed by atoms with Crippen molar-refractivity contribution in [2.45, 2.75) is 28.8 Å². The Morgan fingerprint density at radius 3 is 2.53 bits per heavy atom. The molecule has 0 bridgehead atoms. The van der Waals surface area contributed by atoms with E-state index in [-0.39, 0.29) is 0 Å². The van der Waals surface area contributed by atoms with Gasteiger partial charge in [-0.05, 0) is 42.1 Å². The first-order valence-corrected chi connectivity index (χ1v) is 7.67. The number of rotatable bonds is 4. The minimum atomic E-state index is 0.667. The monoisotopic (exact) mass is 287 g/mol. The predicted octanol–water partition coefficient (Wildman–Crippen LogP) is 3.92. The Hall–Kier alpha value is -1.51. The van der Waals surface area contributed by atoms with Crippen LogP contribution in [0.3, 0.4) is 0 Å². The SMILES string of the molecule is CCSc1cccc(Sc2ncc(C)cn2)c1C#N. The smallest absolute Gasteiger partial charge is 0.192 e. The normalized spacial score (nSPS) is 10.2. The summed E-state index contributed by atoms with van der Waals surface area (Å²) in [4.78, 5) is 10.4. The summed E-state index contributed by atoms with van der Waals surface area (Å²) in [5, 5.41) is 10.00. The number of hydrogen-bond acceptors (Lipinski definition) is 5. The first-order chi connectivity index (χ1) is 9.24. The lowest BCUT2D eigenvalue weighted by Gasteiger charge is -2.07. The van der Waals surface area contributed by atoms with Gasteiger partial charge in [0.1, 0.15) is 6.07 Å². The zero-order chi connectivity index (χ0) is 13.7. The van der Waals surface area contributed by atoms with Crippen LogP contribution in [-0.2, 0) is 0 Å². The van der Waals surface area contributed by atoms with E-state index in [4.69, 9.17) is 0 Å². The molecule has 0 aliphatic rings. The van der Waals surface area contributed by atoms with E-state index < -0.39 is 0 Å². The molecule has 0 saturated heterocycles. The van der Waals surface area contributed by atoms with E-state index in [9.17, 15) is 5.26 Å². The molecule has 0 N–H and O–H groups in total. The molecule has 0 aliphatic carbocycles. The third-order valence-corrected chi connectivity index (χ3v) is 4.25. The summed E-state index contributed by atoms with van der Waals surface area (Å²) in [6.07, 6.45) is 3.57. The van der Waals surface area contributed by atoms with Crippen LogP contribution >= 0.6 is 23.5 Å². The van der Waals surface area contributed by atoms with Crippen LogP contribution in [0.2, 0.25) is 0 Å². The number of thioether (sulfide) groups is 1. The van der Waals surface area contributed by atoms with Gasteiger partial charge in [0.15, 0.2) is 5.16 Å². The fraction of sp³-hybridized carbons (Fsp3) is 0.214. The molecule has 19 heavy (non-hydrogen) atoms. The van der Waals surface area contributed by atoms with Gasteiger partial charge in [-0.2, -0.15) is 5.26 Å². The lowest BCUT2D eigenvalue weighted by Crippen LogP contribution is -1.90. The van der Waals surface area contributed by atoms with E-state index in [1.165, 1.54) is 11.8 Å². The highest BCUT2D eigenvalue weighted by atomic mass is 32.2. The topological polar surface area (TPSA) is 49.6 Å². The molecule has 1 heterocycles. The van der Waals surface area contributed by atoms with Crippen LogP contribution in [0.1, 0.15) is 18.1 Å². The molecule has 0 aliphatic heterocycles. The average molecular weight is 287 g/mol. The highest BCUT2D eigenvalue weighted by Crippen LogP contribution is 2.33. The minimum absolute atomic E-state index is 0.667. The van der Waals surface area contributed by atoms with Crippen molar-refractivity contribution in [3.8, 4) is 6.07 Å². The first-order valence-electron chi connectivity index (χ1n) is 5.87. The second-order valence-electron chi connectivity index (χ2n) is 3.82. The Balaban J connectivity index is 2.32. The van der Waals surface area contributed by atoms with Crippen LogP contribution in [0.15, 0.2) is 45.5 Å². The predicted molar refractivity (Wildman–Crippen MR) is 78.4 cm³/mol. The van der Waals surface area contributed by atoms with Gasteiger partial charge >= 0.3 is 0 Å². The van der Waals surface area contributed by atoms with Crippen molar-refractivity contribution in [3.63, 3.8) is 0 Å². The quantitative estimate of drug-likeness (QED) is 0.630.